The summed E-state index contributed by atoms with van der Waals surface area (Å²) in [5.41, 5.74) is 1.94. The maximum absolute atomic E-state index is 13.9. The standard InChI is InChI=1S/C25H31BrN2O5S/c1-17-13-18-14-19(26)9-11-22(18)28(17)25(29)16-27(20-7-5-4-6-8-20)34(30,31)21-10-12-23(32-2)24(15-21)33-3/h9-12,14-15,17,20H,4-8,13,16H2,1-3H3/t17-/m0/s1. The first kappa shape index (κ1) is 25.0. The van der Waals surface area contributed by atoms with Gasteiger partial charge in [0.2, 0.25) is 15.9 Å². The summed E-state index contributed by atoms with van der Waals surface area (Å²) in [6.45, 7) is 1.81. The molecule has 1 heterocycles. The maximum Gasteiger partial charge on any atom is 0.243 e. The Morgan fingerprint density at radius 1 is 1.06 bits per heavy atom. The largest absolute Gasteiger partial charge is 0.493 e. The van der Waals surface area contributed by atoms with Crippen LogP contribution in [0.4, 0.5) is 5.69 Å². The number of amides is 1. The van der Waals surface area contributed by atoms with Crippen molar-refractivity contribution in [3.63, 3.8) is 0 Å². The van der Waals surface area contributed by atoms with Crippen LogP contribution in [0.2, 0.25) is 0 Å². The van der Waals surface area contributed by atoms with E-state index in [1.54, 1.807) is 11.0 Å². The minimum atomic E-state index is -3.94. The molecule has 4 rings (SSSR count). The molecule has 184 valence electrons. The molecule has 1 amide bonds. The summed E-state index contributed by atoms with van der Waals surface area (Å²) in [4.78, 5) is 15.5. The first-order valence-electron chi connectivity index (χ1n) is 11.6. The number of nitrogens with zero attached hydrogens (tertiary/aromatic N) is 2. The highest BCUT2D eigenvalue weighted by atomic mass is 79.9. The molecule has 0 unspecified atom stereocenters. The van der Waals surface area contributed by atoms with Gasteiger partial charge in [0.25, 0.3) is 0 Å². The van der Waals surface area contributed by atoms with Gasteiger partial charge in [0.1, 0.15) is 0 Å². The van der Waals surface area contributed by atoms with E-state index in [1.165, 1.54) is 30.7 Å². The molecule has 0 spiro atoms. The second-order valence-corrected chi connectivity index (χ2v) is 11.8. The molecule has 9 heteroatoms. The molecule has 1 aliphatic carbocycles. The van der Waals surface area contributed by atoms with E-state index in [0.29, 0.717) is 11.5 Å². The van der Waals surface area contributed by atoms with Crippen molar-refractivity contribution in [2.75, 3.05) is 25.7 Å². The normalized spacial score (nSPS) is 18.7. The van der Waals surface area contributed by atoms with Crippen LogP contribution in [0, 0.1) is 0 Å². The molecule has 2 aliphatic rings. The number of hydrogen-bond donors (Lipinski definition) is 0. The summed E-state index contributed by atoms with van der Waals surface area (Å²) in [6, 6.07) is 10.2. The fourth-order valence-corrected chi connectivity index (χ4v) is 7.14. The summed E-state index contributed by atoms with van der Waals surface area (Å²) in [7, 11) is -0.962. The lowest BCUT2D eigenvalue weighted by atomic mass is 9.95. The molecule has 1 saturated carbocycles. The third-order valence-electron chi connectivity index (χ3n) is 6.76. The summed E-state index contributed by atoms with van der Waals surface area (Å²) >= 11 is 3.50. The molecule has 0 aromatic heterocycles. The predicted molar refractivity (Wildman–Crippen MR) is 135 cm³/mol. The van der Waals surface area contributed by atoms with Crippen molar-refractivity contribution in [2.24, 2.45) is 0 Å². The average molecular weight is 552 g/mol. The molecule has 2 aromatic carbocycles. The molecule has 34 heavy (non-hydrogen) atoms. The first-order valence-corrected chi connectivity index (χ1v) is 13.8. The lowest BCUT2D eigenvalue weighted by Gasteiger charge is -2.34. The van der Waals surface area contributed by atoms with Gasteiger partial charge in [-0.2, -0.15) is 4.31 Å². The van der Waals surface area contributed by atoms with E-state index in [9.17, 15) is 13.2 Å². The van der Waals surface area contributed by atoms with Crippen molar-refractivity contribution < 1.29 is 22.7 Å². The lowest BCUT2D eigenvalue weighted by Crippen LogP contribution is -2.49. The van der Waals surface area contributed by atoms with Crippen LogP contribution in [-0.2, 0) is 21.2 Å². The number of halogens is 1. The number of sulfonamides is 1. The Kier molecular flexibility index (Phi) is 7.54. The zero-order chi connectivity index (χ0) is 24.5. The van der Waals surface area contributed by atoms with Crippen LogP contribution in [-0.4, -0.2) is 51.5 Å². The SMILES string of the molecule is COc1ccc(S(=O)(=O)N(CC(=O)N2c3ccc(Br)cc3C[C@@H]2C)C2CCCCC2)cc1OC. The number of carbonyl (C=O) groups excluding carboxylic acids is 1. The maximum atomic E-state index is 13.9. The summed E-state index contributed by atoms with van der Waals surface area (Å²) in [6.07, 6.45) is 5.23. The quantitative estimate of drug-likeness (QED) is 0.496. The molecule has 0 saturated heterocycles. The summed E-state index contributed by atoms with van der Waals surface area (Å²) < 4.78 is 40.7. The van der Waals surface area contributed by atoms with Gasteiger partial charge in [0, 0.05) is 28.3 Å². The van der Waals surface area contributed by atoms with Crippen molar-refractivity contribution in [1.29, 1.82) is 0 Å². The molecule has 0 bridgehead atoms. The van der Waals surface area contributed by atoms with Crippen LogP contribution in [0.1, 0.15) is 44.6 Å². The molecule has 1 aliphatic heterocycles. The van der Waals surface area contributed by atoms with Gasteiger partial charge in [-0.15, -0.1) is 0 Å². The van der Waals surface area contributed by atoms with Crippen molar-refractivity contribution in [3.05, 3.63) is 46.4 Å². The van der Waals surface area contributed by atoms with E-state index in [1.807, 2.05) is 25.1 Å². The molecule has 1 atom stereocenters. The fraction of sp³-hybridized carbons (Fsp3) is 0.480. The number of ether oxygens (including phenoxy) is 2. The van der Waals surface area contributed by atoms with Gasteiger partial charge in [-0.1, -0.05) is 35.2 Å². The Morgan fingerprint density at radius 3 is 2.44 bits per heavy atom. The number of methoxy groups -OCH3 is 2. The number of rotatable bonds is 7. The molecular weight excluding hydrogens is 520 g/mol. The molecule has 1 fully saturated rings. The number of fused-ring (bicyclic) bond motifs is 1. The van der Waals surface area contributed by atoms with Crippen molar-refractivity contribution in [3.8, 4) is 11.5 Å². The highest BCUT2D eigenvalue weighted by Crippen LogP contribution is 2.36. The summed E-state index contributed by atoms with van der Waals surface area (Å²) in [5, 5.41) is 0. The van der Waals surface area contributed by atoms with Crippen LogP contribution >= 0.6 is 15.9 Å². The lowest BCUT2D eigenvalue weighted by molar-refractivity contribution is -0.119. The summed E-state index contributed by atoms with van der Waals surface area (Å²) in [5.74, 6) is 0.588. The molecule has 2 aromatic rings. The third kappa shape index (κ3) is 4.83. The van der Waals surface area contributed by atoms with Gasteiger partial charge >= 0.3 is 0 Å². The molecule has 7 nitrogen and oxygen atoms in total. The highest BCUT2D eigenvalue weighted by Gasteiger charge is 2.38. The predicted octanol–water partition coefficient (Wildman–Crippen LogP) is 4.77. The number of anilines is 1. The van der Waals surface area contributed by atoms with E-state index in [0.717, 1.165) is 54.2 Å². The van der Waals surface area contributed by atoms with Crippen LogP contribution in [0.25, 0.3) is 0 Å². The van der Waals surface area contributed by atoms with E-state index in [2.05, 4.69) is 15.9 Å². The van der Waals surface area contributed by atoms with E-state index >= 15 is 0 Å². The second-order valence-electron chi connectivity index (χ2n) is 8.95. The van der Waals surface area contributed by atoms with E-state index in [-0.39, 0.29) is 29.4 Å². The minimum Gasteiger partial charge on any atom is -0.493 e. The Labute approximate surface area is 210 Å². The van der Waals surface area contributed by atoms with Crippen LogP contribution in [0.3, 0.4) is 0 Å². The number of hydrogen-bond acceptors (Lipinski definition) is 5. The minimum absolute atomic E-state index is 0.0335. The van der Waals surface area contributed by atoms with Crippen LogP contribution in [0.5, 0.6) is 11.5 Å². The van der Waals surface area contributed by atoms with Crippen molar-refractivity contribution in [1.82, 2.24) is 4.31 Å². The highest BCUT2D eigenvalue weighted by molar-refractivity contribution is 9.10. The monoisotopic (exact) mass is 550 g/mol. The van der Waals surface area contributed by atoms with Crippen LogP contribution < -0.4 is 14.4 Å². The van der Waals surface area contributed by atoms with E-state index < -0.39 is 10.0 Å². The van der Waals surface area contributed by atoms with Crippen LogP contribution in [0.15, 0.2) is 45.8 Å². The molecule has 0 radical (unpaired) electrons. The zero-order valence-electron chi connectivity index (χ0n) is 19.8. The average Bonchev–Trinajstić information content (AvgIpc) is 3.16. The third-order valence-corrected chi connectivity index (χ3v) is 9.15. The Bertz CT molecular complexity index is 1160. The van der Waals surface area contributed by atoms with Crippen molar-refractivity contribution >= 4 is 37.5 Å². The van der Waals surface area contributed by atoms with Gasteiger partial charge in [-0.05, 0) is 62.1 Å². The fourth-order valence-electron chi connectivity index (χ4n) is 5.08. The second kappa shape index (κ2) is 10.3. The van der Waals surface area contributed by atoms with Gasteiger partial charge in [0.05, 0.1) is 25.7 Å². The van der Waals surface area contributed by atoms with E-state index in [4.69, 9.17) is 9.47 Å². The molecule has 0 N–H and O–H groups in total. The van der Waals surface area contributed by atoms with Crippen molar-refractivity contribution in [2.45, 2.75) is 62.4 Å². The molecular formula is C25H31BrN2O5S. The number of carbonyl (C=O) groups is 1. The number of benzene rings is 2. The first-order chi connectivity index (χ1) is 16.3. The zero-order valence-corrected chi connectivity index (χ0v) is 22.2. The van der Waals surface area contributed by atoms with Gasteiger partial charge < -0.3 is 14.4 Å². The smallest absolute Gasteiger partial charge is 0.243 e. The van der Waals surface area contributed by atoms with Gasteiger partial charge in [-0.25, -0.2) is 8.42 Å². The Balaban J connectivity index is 1.68. The Hall–Kier alpha value is -2.10. The Morgan fingerprint density at radius 2 is 1.76 bits per heavy atom. The van der Waals surface area contributed by atoms with Gasteiger partial charge in [0.15, 0.2) is 11.5 Å². The van der Waals surface area contributed by atoms with Gasteiger partial charge in [-0.3, -0.25) is 4.79 Å². The topological polar surface area (TPSA) is 76.2 Å².